The lowest BCUT2D eigenvalue weighted by atomic mass is 9.98. The molecule has 2 heterocycles. The Balaban J connectivity index is 1.53. The molecule has 1 atom stereocenters. The summed E-state index contributed by atoms with van der Waals surface area (Å²) in [6.45, 7) is 2.67. The van der Waals surface area contributed by atoms with Crippen LogP contribution in [-0.2, 0) is 22.4 Å². The maximum Gasteiger partial charge on any atom is 0.338 e. The molecule has 5 aromatic rings. The molecule has 0 aliphatic heterocycles. The number of tetrazole rings is 1. The van der Waals surface area contributed by atoms with Gasteiger partial charge in [-0.2, -0.15) is 5.21 Å². The van der Waals surface area contributed by atoms with Crippen LogP contribution in [0.25, 0.3) is 22.5 Å². The molecule has 0 aliphatic rings. The Morgan fingerprint density at radius 3 is 2.41 bits per heavy atom. The summed E-state index contributed by atoms with van der Waals surface area (Å²) < 4.78 is 13.1. The molecule has 41 heavy (non-hydrogen) atoms. The largest absolute Gasteiger partial charge is 0.465 e. The normalized spacial score (nSPS) is 11.9. The lowest BCUT2D eigenvalue weighted by Gasteiger charge is -2.22. The SMILES string of the molecule is CCCCc1nc(Cl)c(C(OC)c2ccccc2C(=O)OC)n1Cc1ccc(-c2ccccc2-c2nn[nH]n2)cc1. The van der Waals surface area contributed by atoms with E-state index in [1.807, 2.05) is 36.4 Å². The van der Waals surface area contributed by atoms with Crippen molar-refractivity contribution < 1.29 is 14.3 Å². The molecule has 0 fully saturated rings. The van der Waals surface area contributed by atoms with Crippen molar-refractivity contribution in [1.29, 1.82) is 0 Å². The maximum atomic E-state index is 12.6. The van der Waals surface area contributed by atoms with E-state index in [-0.39, 0.29) is 0 Å². The highest BCUT2D eigenvalue weighted by Crippen LogP contribution is 2.35. The zero-order valence-corrected chi connectivity index (χ0v) is 23.9. The molecule has 210 valence electrons. The minimum absolute atomic E-state index is 0.355. The molecule has 1 unspecified atom stereocenters. The van der Waals surface area contributed by atoms with Crippen LogP contribution < -0.4 is 0 Å². The summed E-state index contributed by atoms with van der Waals surface area (Å²) in [7, 11) is 2.97. The van der Waals surface area contributed by atoms with E-state index in [1.54, 1.807) is 19.2 Å². The number of halogens is 1. The van der Waals surface area contributed by atoms with Crippen LogP contribution in [0.1, 0.15) is 58.9 Å². The number of hydrogen-bond acceptors (Lipinski definition) is 7. The summed E-state index contributed by atoms with van der Waals surface area (Å²) in [4.78, 5) is 17.3. The number of benzene rings is 3. The zero-order valence-electron chi connectivity index (χ0n) is 23.2. The topological polar surface area (TPSA) is 108 Å². The van der Waals surface area contributed by atoms with Gasteiger partial charge >= 0.3 is 5.97 Å². The Morgan fingerprint density at radius 1 is 1.00 bits per heavy atom. The average molecular weight is 571 g/mol. The van der Waals surface area contributed by atoms with Gasteiger partial charge in [-0.25, -0.2) is 9.78 Å². The molecule has 0 bridgehead atoms. The number of methoxy groups -OCH3 is 2. The van der Waals surface area contributed by atoms with Gasteiger partial charge in [-0.3, -0.25) is 0 Å². The molecule has 0 amide bonds. The van der Waals surface area contributed by atoms with E-state index >= 15 is 0 Å². The van der Waals surface area contributed by atoms with Gasteiger partial charge < -0.3 is 14.0 Å². The van der Waals surface area contributed by atoms with Crippen LogP contribution in [0, 0.1) is 0 Å². The summed E-state index contributed by atoms with van der Waals surface area (Å²) in [5.41, 5.74) is 5.79. The van der Waals surface area contributed by atoms with Gasteiger partial charge in [0.25, 0.3) is 0 Å². The van der Waals surface area contributed by atoms with Crippen LogP contribution in [-0.4, -0.2) is 50.4 Å². The molecule has 3 aromatic carbocycles. The number of esters is 1. The number of rotatable bonds is 11. The number of imidazole rings is 1. The number of carbonyl (C=O) groups is 1. The highest BCUT2D eigenvalue weighted by molar-refractivity contribution is 6.30. The third-order valence-electron chi connectivity index (χ3n) is 7.05. The molecular weight excluding hydrogens is 540 g/mol. The standard InChI is InChI=1S/C31H31ClN6O3/c1-4-5-14-26-33-29(32)27(28(40-2)23-11-7-9-13-25(23)31(39)41-3)38(26)19-20-15-17-21(18-16-20)22-10-6-8-12-24(22)30-34-36-37-35-30/h6-13,15-18,28H,4-5,14,19H2,1-3H3,(H,34,35,36,37). The van der Waals surface area contributed by atoms with E-state index in [0.29, 0.717) is 34.3 Å². The first-order valence-corrected chi connectivity index (χ1v) is 13.8. The Morgan fingerprint density at radius 2 is 1.73 bits per heavy atom. The first-order valence-electron chi connectivity index (χ1n) is 13.4. The van der Waals surface area contributed by atoms with Gasteiger partial charge in [-0.05, 0) is 34.4 Å². The van der Waals surface area contributed by atoms with Crippen molar-refractivity contribution in [1.82, 2.24) is 30.2 Å². The average Bonchev–Trinajstić information content (AvgIpc) is 3.65. The Hall–Kier alpha value is -4.34. The minimum Gasteiger partial charge on any atom is -0.465 e. The summed E-state index contributed by atoms with van der Waals surface area (Å²) in [6, 6.07) is 23.6. The van der Waals surface area contributed by atoms with Gasteiger partial charge in [0.15, 0.2) is 5.15 Å². The van der Waals surface area contributed by atoms with E-state index in [4.69, 9.17) is 26.1 Å². The molecule has 0 spiro atoms. The van der Waals surface area contributed by atoms with Crippen molar-refractivity contribution in [2.45, 2.75) is 38.8 Å². The highest BCUT2D eigenvalue weighted by Gasteiger charge is 2.28. The second-order valence-corrected chi connectivity index (χ2v) is 9.92. The molecule has 0 saturated carbocycles. The second kappa shape index (κ2) is 12.9. The van der Waals surface area contributed by atoms with Crippen LogP contribution in [0.4, 0.5) is 0 Å². The lowest BCUT2D eigenvalue weighted by Crippen LogP contribution is -2.17. The zero-order chi connectivity index (χ0) is 28.8. The van der Waals surface area contributed by atoms with Crippen LogP contribution in [0.2, 0.25) is 5.15 Å². The number of ether oxygens (including phenoxy) is 2. The number of aryl methyl sites for hydroxylation is 1. The Kier molecular flexibility index (Phi) is 8.86. The van der Waals surface area contributed by atoms with E-state index in [2.05, 4.69) is 56.4 Å². The molecular formula is C31H31ClN6O3. The monoisotopic (exact) mass is 570 g/mol. The number of carbonyl (C=O) groups excluding carboxylic acids is 1. The van der Waals surface area contributed by atoms with Gasteiger partial charge in [0, 0.05) is 31.2 Å². The number of H-pyrrole nitrogens is 1. The van der Waals surface area contributed by atoms with Gasteiger partial charge in [-0.15, -0.1) is 10.2 Å². The number of aromatic nitrogens is 6. The predicted molar refractivity (Wildman–Crippen MR) is 157 cm³/mol. The van der Waals surface area contributed by atoms with Gasteiger partial charge in [0.05, 0.1) is 18.4 Å². The van der Waals surface area contributed by atoms with E-state index < -0.39 is 12.1 Å². The van der Waals surface area contributed by atoms with Crippen molar-refractivity contribution in [3.63, 3.8) is 0 Å². The van der Waals surface area contributed by atoms with E-state index in [9.17, 15) is 4.79 Å². The van der Waals surface area contributed by atoms with Gasteiger partial charge in [0.2, 0.25) is 5.82 Å². The van der Waals surface area contributed by atoms with Crippen LogP contribution in [0.15, 0.2) is 72.8 Å². The maximum absolute atomic E-state index is 12.6. The van der Waals surface area contributed by atoms with Crippen molar-refractivity contribution in [3.05, 3.63) is 106 Å². The second-order valence-electron chi connectivity index (χ2n) is 9.57. The fourth-order valence-corrected chi connectivity index (χ4v) is 5.32. The number of nitrogens with one attached hydrogen (secondary N) is 1. The molecule has 1 N–H and O–H groups in total. The molecule has 0 radical (unpaired) electrons. The van der Waals surface area contributed by atoms with Crippen molar-refractivity contribution in [3.8, 4) is 22.5 Å². The smallest absolute Gasteiger partial charge is 0.338 e. The number of aromatic amines is 1. The summed E-state index contributed by atoms with van der Waals surface area (Å²) >= 11 is 6.81. The molecule has 0 aliphatic carbocycles. The molecule has 5 rings (SSSR count). The quantitative estimate of drug-likeness (QED) is 0.186. The van der Waals surface area contributed by atoms with E-state index in [0.717, 1.165) is 47.3 Å². The van der Waals surface area contributed by atoms with E-state index in [1.165, 1.54) is 7.11 Å². The predicted octanol–water partition coefficient (Wildman–Crippen LogP) is 6.30. The third-order valence-corrected chi connectivity index (χ3v) is 7.32. The number of hydrogen-bond donors (Lipinski definition) is 1. The van der Waals surface area contributed by atoms with Crippen molar-refractivity contribution >= 4 is 17.6 Å². The fraction of sp³-hybridized carbons (Fsp3) is 0.258. The fourth-order valence-electron chi connectivity index (χ4n) is 5.02. The Bertz CT molecular complexity index is 1620. The van der Waals surface area contributed by atoms with Crippen LogP contribution >= 0.6 is 11.6 Å². The number of nitrogens with zero attached hydrogens (tertiary/aromatic N) is 5. The molecule has 2 aromatic heterocycles. The highest BCUT2D eigenvalue weighted by atomic mass is 35.5. The third kappa shape index (κ3) is 5.91. The van der Waals surface area contributed by atoms with Crippen LogP contribution in [0.5, 0.6) is 0 Å². The van der Waals surface area contributed by atoms with Crippen molar-refractivity contribution in [2.24, 2.45) is 0 Å². The number of unbranched alkanes of at least 4 members (excludes halogenated alkanes) is 1. The van der Waals surface area contributed by atoms with Crippen LogP contribution in [0.3, 0.4) is 0 Å². The molecule has 10 heteroatoms. The summed E-state index contributed by atoms with van der Waals surface area (Å²) in [6.07, 6.45) is 2.13. The van der Waals surface area contributed by atoms with Gasteiger partial charge in [-0.1, -0.05) is 91.7 Å². The van der Waals surface area contributed by atoms with Crippen molar-refractivity contribution in [2.75, 3.05) is 14.2 Å². The lowest BCUT2D eigenvalue weighted by molar-refractivity contribution is 0.0591. The Labute approximate surface area is 243 Å². The minimum atomic E-state index is -0.623. The van der Waals surface area contributed by atoms with Gasteiger partial charge in [0.1, 0.15) is 11.9 Å². The molecule has 0 saturated heterocycles. The first kappa shape index (κ1) is 28.2. The molecule has 9 nitrogen and oxygen atoms in total. The first-order chi connectivity index (χ1) is 20.0. The summed E-state index contributed by atoms with van der Waals surface area (Å²) in [5, 5.41) is 14.9. The summed E-state index contributed by atoms with van der Waals surface area (Å²) in [5.74, 6) is 0.976.